The van der Waals surface area contributed by atoms with Crippen LogP contribution in [-0.4, -0.2) is 73.3 Å². The van der Waals surface area contributed by atoms with Crippen molar-refractivity contribution >= 4 is 17.7 Å². The Morgan fingerprint density at radius 1 is 1.38 bits per heavy atom. The van der Waals surface area contributed by atoms with E-state index < -0.39 is 0 Å². The summed E-state index contributed by atoms with van der Waals surface area (Å²) < 4.78 is 5.51. The molecular weight excluding hydrogens is 284 g/mol. The Hall–Kier alpha value is -0.460. The number of rotatable bonds is 5. The lowest BCUT2D eigenvalue weighted by Gasteiger charge is -2.42. The highest BCUT2D eigenvalue weighted by Crippen LogP contribution is 2.34. The zero-order valence-corrected chi connectivity index (χ0v) is 14.5. The van der Waals surface area contributed by atoms with Gasteiger partial charge in [0.1, 0.15) is 0 Å². The summed E-state index contributed by atoms with van der Waals surface area (Å²) in [5, 5.41) is 6.76. The van der Waals surface area contributed by atoms with Crippen LogP contribution in [0.15, 0.2) is 4.99 Å². The molecule has 1 unspecified atom stereocenters. The van der Waals surface area contributed by atoms with Crippen molar-refractivity contribution in [2.45, 2.75) is 38.8 Å². The Bertz CT molecular complexity index is 337. The average molecular weight is 314 g/mol. The second-order valence-electron chi connectivity index (χ2n) is 6.12. The van der Waals surface area contributed by atoms with Crippen LogP contribution >= 0.6 is 11.8 Å². The van der Waals surface area contributed by atoms with E-state index in [0.717, 1.165) is 45.4 Å². The fourth-order valence-electron chi connectivity index (χ4n) is 2.93. The monoisotopic (exact) mass is 314 g/mol. The molecule has 2 aliphatic heterocycles. The van der Waals surface area contributed by atoms with E-state index >= 15 is 0 Å². The van der Waals surface area contributed by atoms with Gasteiger partial charge < -0.3 is 15.4 Å². The Kier molecular flexibility index (Phi) is 6.64. The van der Waals surface area contributed by atoms with Gasteiger partial charge in [-0.25, -0.2) is 0 Å². The van der Waals surface area contributed by atoms with Gasteiger partial charge in [0.25, 0.3) is 0 Å². The smallest absolute Gasteiger partial charge is 0.191 e. The number of morpholine rings is 1. The summed E-state index contributed by atoms with van der Waals surface area (Å²) in [7, 11) is 0. The molecule has 1 atom stereocenters. The second kappa shape index (κ2) is 8.25. The fourth-order valence-corrected chi connectivity index (χ4v) is 4.39. The molecule has 0 aliphatic carbocycles. The molecule has 6 heteroatoms. The van der Waals surface area contributed by atoms with Crippen molar-refractivity contribution in [2.24, 2.45) is 4.99 Å². The number of hydrogen-bond donors (Lipinski definition) is 2. The Morgan fingerprint density at radius 3 is 2.71 bits per heavy atom. The number of nitrogens with one attached hydrogen (secondary N) is 2. The molecule has 0 amide bonds. The number of ether oxygens (including phenoxy) is 1. The number of nitrogens with zero attached hydrogens (tertiary/aromatic N) is 2. The molecule has 0 aromatic rings. The maximum absolute atomic E-state index is 5.51. The van der Waals surface area contributed by atoms with Crippen molar-refractivity contribution in [1.29, 1.82) is 0 Å². The van der Waals surface area contributed by atoms with Crippen LogP contribution in [0.25, 0.3) is 0 Å². The van der Waals surface area contributed by atoms with Crippen LogP contribution in [0.2, 0.25) is 0 Å². The van der Waals surface area contributed by atoms with Crippen molar-refractivity contribution in [3.63, 3.8) is 0 Å². The lowest BCUT2D eigenvalue weighted by atomic mass is 9.96. The van der Waals surface area contributed by atoms with E-state index in [1.165, 1.54) is 17.9 Å². The number of aliphatic imine (C=N–C) groups is 1. The summed E-state index contributed by atoms with van der Waals surface area (Å²) in [6, 6.07) is 0.403. The van der Waals surface area contributed by atoms with E-state index in [2.05, 4.69) is 48.1 Å². The normalized spacial score (nSPS) is 28.1. The van der Waals surface area contributed by atoms with Crippen LogP contribution in [0.1, 0.15) is 27.2 Å². The first-order chi connectivity index (χ1) is 10.2. The molecule has 0 radical (unpaired) electrons. The molecule has 0 aromatic carbocycles. The second-order valence-corrected chi connectivity index (χ2v) is 7.23. The van der Waals surface area contributed by atoms with Crippen LogP contribution < -0.4 is 10.6 Å². The lowest BCUT2D eigenvalue weighted by Crippen LogP contribution is -2.56. The number of thioether (sulfide) groups is 1. The molecule has 2 N–H and O–H groups in total. The van der Waals surface area contributed by atoms with E-state index in [-0.39, 0.29) is 5.54 Å². The van der Waals surface area contributed by atoms with Crippen LogP contribution in [0.3, 0.4) is 0 Å². The van der Waals surface area contributed by atoms with Gasteiger partial charge in [-0.1, -0.05) is 0 Å². The molecular formula is C15H30N4OS. The Balaban J connectivity index is 2.03. The van der Waals surface area contributed by atoms with Gasteiger partial charge in [0.15, 0.2) is 5.96 Å². The quantitative estimate of drug-likeness (QED) is 0.589. The standard InChI is InChI=1S/C15H30N4OS/c1-4-16-14(18-13(2)3)17-11-15(5-10-21-12-15)19-6-8-20-9-7-19/h13H,4-12H2,1-3H3,(H2,16,17,18). The van der Waals surface area contributed by atoms with Crippen molar-refractivity contribution in [2.75, 3.05) is 50.9 Å². The SMILES string of the molecule is CCNC(=NCC1(N2CCOCC2)CCSC1)NC(C)C. The van der Waals surface area contributed by atoms with Crippen LogP contribution in [0.5, 0.6) is 0 Å². The molecule has 0 aromatic heterocycles. The molecule has 2 fully saturated rings. The molecule has 0 bridgehead atoms. The Morgan fingerprint density at radius 2 is 2.14 bits per heavy atom. The van der Waals surface area contributed by atoms with Crippen LogP contribution in [0, 0.1) is 0 Å². The van der Waals surface area contributed by atoms with Crippen molar-refractivity contribution in [3.05, 3.63) is 0 Å². The van der Waals surface area contributed by atoms with Gasteiger partial charge in [0, 0.05) is 31.4 Å². The van der Waals surface area contributed by atoms with E-state index in [4.69, 9.17) is 9.73 Å². The summed E-state index contributed by atoms with van der Waals surface area (Å²) in [5.74, 6) is 3.38. The lowest BCUT2D eigenvalue weighted by molar-refractivity contribution is -0.0104. The maximum Gasteiger partial charge on any atom is 0.191 e. The molecule has 2 heterocycles. The highest BCUT2D eigenvalue weighted by molar-refractivity contribution is 7.99. The predicted molar refractivity (Wildman–Crippen MR) is 91.3 cm³/mol. The van der Waals surface area contributed by atoms with Gasteiger partial charge in [0.2, 0.25) is 0 Å². The van der Waals surface area contributed by atoms with Gasteiger partial charge in [-0.05, 0) is 32.9 Å². The highest BCUT2D eigenvalue weighted by Gasteiger charge is 2.40. The van der Waals surface area contributed by atoms with E-state index in [1.807, 2.05) is 0 Å². The molecule has 2 rings (SSSR count). The summed E-state index contributed by atoms with van der Waals surface area (Å²) in [6.07, 6.45) is 1.24. The summed E-state index contributed by atoms with van der Waals surface area (Å²) in [5.41, 5.74) is 0.230. The molecule has 0 saturated carbocycles. The first-order valence-electron chi connectivity index (χ1n) is 8.12. The van der Waals surface area contributed by atoms with Crippen LogP contribution in [-0.2, 0) is 4.74 Å². The van der Waals surface area contributed by atoms with E-state index in [0.29, 0.717) is 6.04 Å². The predicted octanol–water partition coefficient (Wildman–Crippen LogP) is 1.16. The minimum Gasteiger partial charge on any atom is -0.379 e. The zero-order chi connectivity index (χ0) is 15.1. The largest absolute Gasteiger partial charge is 0.379 e. The van der Waals surface area contributed by atoms with Gasteiger partial charge in [-0.2, -0.15) is 11.8 Å². The summed E-state index contributed by atoms with van der Waals surface area (Å²) in [6.45, 7) is 12.0. The third-order valence-corrected chi connectivity index (χ3v) is 5.30. The van der Waals surface area contributed by atoms with E-state index in [9.17, 15) is 0 Å². The minimum absolute atomic E-state index is 0.230. The Labute approximate surface area is 133 Å². The molecule has 2 aliphatic rings. The first-order valence-corrected chi connectivity index (χ1v) is 9.27. The number of hydrogen-bond acceptors (Lipinski definition) is 4. The fraction of sp³-hybridized carbons (Fsp3) is 0.933. The topological polar surface area (TPSA) is 48.9 Å². The van der Waals surface area contributed by atoms with Crippen molar-refractivity contribution in [1.82, 2.24) is 15.5 Å². The van der Waals surface area contributed by atoms with E-state index in [1.54, 1.807) is 0 Å². The third kappa shape index (κ3) is 4.76. The maximum atomic E-state index is 5.51. The summed E-state index contributed by atoms with van der Waals surface area (Å²) in [4.78, 5) is 7.49. The first kappa shape index (κ1) is 16.9. The highest BCUT2D eigenvalue weighted by atomic mass is 32.2. The molecule has 2 saturated heterocycles. The van der Waals surface area contributed by atoms with Gasteiger partial charge in [0.05, 0.1) is 25.3 Å². The summed E-state index contributed by atoms with van der Waals surface area (Å²) >= 11 is 2.06. The zero-order valence-electron chi connectivity index (χ0n) is 13.7. The van der Waals surface area contributed by atoms with Crippen molar-refractivity contribution < 1.29 is 4.74 Å². The molecule has 21 heavy (non-hydrogen) atoms. The average Bonchev–Trinajstić information content (AvgIpc) is 2.96. The number of guanidine groups is 1. The minimum atomic E-state index is 0.230. The van der Waals surface area contributed by atoms with Crippen molar-refractivity contribution in [3.8, 4) is 0 Å². The van der Waals surface area contributed by atoms with Gasteiger partial charge in [-0.15, -0.1) is 0 Å². The molecule has 5 nitrogen and oxygen atoms in total. The van der Waals surface area contributed by atoms with Gasteiger partial charge in [-0.3, -0.25) is 9.89 Å². The molecule has 0 spiro atoms. The third-order valence-electron chi connectivity index (χ3n) is 4.07. The molecule has 122 valence electrons. The van der Waals surface area contributed by atoms with Gasteiger partial charge >= 0.3 is 0 Å². The van der Waals surface area contributed by atoms with Crippen LogP contribution in [0.4, 0.5) is 0 Å².